The van der Waals surface area contributed by atoms with Crippen molar-refractivity contribution < 1.29 is 13.9 Å². The minimum absolute atomic E-state index is 0.0920. The van der Waals surface area contributed by atoms with Gasteiger partial charge in [-0.3, -0.25) is 0 Å². The fraction of sp³-hybridized carbons (Fsp3) is 0.455. The number of carbonyl (C=O) groups is 1. The van der Waals surface area contributed by atoms with Gasteiger partial charge >= 0.3 is 6.09 Å². The van der Waals surface area contributed by atoms with Crippen LogP contribution in [-0.2, 0) is 4.74 Å². The van der Waals surface area contributed by atoms with E-state index >= 15 is 0 Å². The normalized spacial score (nSPS) is 20.5. The summed E-state index contributed by atoms with van der Waals surface area (Å²) in [6, 6.07) is 11.1. The van der Waals surface area contributed by atoms with Crippen LogP contribution in [0.1, 0.15) is 37.9 Å². The Morgan fingerprint density at radius 1 is 1.10 bits per heavy atom. The third-order valence-corrected chi connectivity index (χ3v) is 5.64. The van der Waals surface area contributed by atoms with E-state index in [2.05, 4.69) is 10.0 Å². The van der Waals surface area contributed by atoms with E-state index in [1.807, 2.05) is 36.4 Å². The molecule has 2 aliphatic rings. The first-order chi connectivity index (χ1) is 14.2. The molecule has 4 rings (SSSR count). The standard InChI is InChI=1S/C22H26ClN3O3/c23-18-8-6-17(7-9-18)21-11-10-19(28-21)15-24-26-16-20(29-22(26)27)5-4-14-25-12-2-1-3-13-25/h6-11,15,20H,1-5,12-14,16H2/b24-15+. The Labute approximate surface area is 176 Å². The van der Waals surface area contributed by atoms with E-state index in [4.69, 9.17) is 20.8 Å². The van der Waals surface area contributed by atoms with Crippen LogP contribution in [0.25, 0.3) is 11.3 Å². The Morgan fingerprint density at radius 2 is 1.90 bits per heavy atom. The second-order valence-electron chi connectivity index (χ2n) is 7.59. The largest absolute Gasteiger partial charge is 0.455 e. The van der Waals surface area contributed by atoms with Crippen molar-refractivity contribution in [2.45, 2.75) is 38.2 Å². The molecule has 1 aromatic heterocycles. The highest BCUT2D eigenvalue weighted by Gasteiger charge is 2.30. The molecule has 0 bridgehead atoms. The summed E-state index contributed by atoms with van der Waals surface area (Å²) in [6.45, 7) is 3.96. The smallest absolute Gasteiger partial charge is 0.430 e. The number of benzene rings is 1. The molecule has 2 aliphatic heterocycles. The Kier molecular flexibility index (Phi) is 6.52. The highest BCUT2D eigenvalue weighted by Crippen LogP contribution is 2.23. The molecular weight excluding hydrogens is 390 g/mol. The van der Waals surface area contributed by atoms with Crippen molar-refractivity contribution in [2.75, 3.05) is 26.2 Å². The number of ether oxygens (including phenoxy) is 1. The second-order valence-corrected chi connectivity index (χ2v) is 8.02. The summed E-state index contributed by atoms with van der Waals surface area (Å²) in [5, 5.41) is 6.30. The van der Waals surface area contributed by atoms with Crippen LogP contribution < -0.4 is 0 Å². The maximum absolute atomic E-state index is 12.1. The first-order valence-corrected chi connectivity index (χ1v) is 10.7. The zero-order chi connectivity index (χ0) is 20.1. The van der Waals surface area contributed by atoms with Crippen molar-refractivity contribution in [1.82, 2.24) is 9.91 Å². The summed E-state index contributed by atoms with van der Waals surface area (Å²) in [5.74, 6) is 1.30. The molecule has 3 heterocycles. The SMILES string of the molecule is O=C1OC(CCCN2CCCCC2)CN1/N=C/c1ccc(-c2ccc(Cl)cc2)o1. The van der Waals surface area contributed by atoms with Crippen molar-refractivity contribution in [2.24, 2.45) is 5.10 Å². The number of rotatable bonds is 7. The van der Waals surface area contributed by atoms with Crippen molar-refractivity contribution in [1.29, 1.82) is 0 Å². The number of amides is 1. The fourth-order valence-electron chi connectivity index (χ4n) is 3.80. The van der Waals surface area contributed by atoms with Crippen LogP contribution in [0.4, 0.5) is 4.79 Å². The molecule has 0 aliphatic carbocycles. The molecule has 0 saturated carbocycles. The molecule has 0 spiro atoms. The maximum atomic E-state index is 12.1. The van der Waals surface area contributed by atoms with E-state index in [0.29, 0.717) is 17.3 Å². The van der Waals surface area contributed by atoms with Gasteiger partial charge in [-0.1, -0.05) is 18.0 Å². The van der Waals surface area contributed by atoms with E-state index in [9.17, 15) is 4.79 Å². The topological polar surface area (TPSA) is 58.3 Å². The van der Waals surface area contributed by atoms with Gasteiger partial charge in [-0.15, -0.1) is 0 Å². The predicted molar refractivity (Wildman–Crippen MR) is 113 cm³/mol. The van der Waals surface area contributed by atoms with Gasteiger partial charge in [-0.25, -0.2) is 4.79 Å². The van der Waals surface area contributed by atoms with Crippen LogP contribution in [0.15, 0.2) is 45.9 Å². The molecule has 6 nitrogen and oxygen atoms in total. The molecule has 1 atom stereocenters. The van der Waals surface area contributed by atoms with Crippen LogP contribution in [-0.4, -0.2) is 54.5 Å². The molecule has 7 heteroatoms. The van der Waals surface area contributed by atoms with Gasteiger partial charge in [0.25, 0.3) is 0 Å². The van der Waals surface area contributed by atoms with Gasteiger partial charge in [-0.05, 0) is 81.7 Å². The minimum Gasteiger partial charge on any atom is -0.455 e. The third-order valence-electron chi connectivity index (χ3n) is 5.38. The number of nitrogens with zero attached hydrogens (tertiary/aromatic N) is 3. The number of piperidine rings is 1. The predicted octanol–water partition coefficient (Wildman–Crippen LogP) is 5.02. The lowest BCUT2D eigenvalue weighted by molar-refractivity contribution is 0.124. The van der Waals surface area contributed by atoms with Crippen molar-refractivity contribution in [3.63, 3.8) is 0 Å². The first-order valence-electron chi connectivity index (χ1n) is 10.3. The molecule has 29 heavy (non-hydrogen) atoms. The summed E-state index contributed by atoms with van der Waals surface area (Å²) in [4.78, 5) is 14.6. The number of hydrogen-bond donors (Lipinski definition) is 0. The van der Waals surface area contributed by atoms with Gasteiger partial charge in [0, 0.05) is 10.6 Å². The molecule has 0 radical (unpaired) electrons. The van der Waals surface area contributed by atoms with E-state index < -0.39 is 6.09 Å². The maximum Gasteiger partial charge on any atom is 0.430 e. The number of likely N-dealkylation sites (tertiary alicyclic amines) is 1. The highest BCUT2D eigenvalue weighted by molar-refractivity contribution is 6.30. The van der Waals surface area contributed by atoms with Crippen LogP contribution in [0.5, 0.6) is 0 Å². The summed E-state index contributed by atoms with van der Waals surface area (Å²) in [7, 11) is 0. The van der Waals surface area contributed by atoms with Gasteiger partial charge in [0.2, 0.25) is 0 Å². The van der Waals surface area contributed by atoms with Crippen molar-refractivity contribution in [3.8, 4) is 11.3 Å². The Balaban J connectivity index is 1.26. The minimum atomic E-state index is -0.395. The third kappa shape index (κ3) is 5.40. The lowest BCUT2D eigenvalue weighted by atomic mass is 10.1. The van der Waals surface area contributed by atoms with E-state index in [-0.39, 0.29) is 6.10 Å². The number of hydrazone groups is 1. The fourth-order valence-corrected chi connectivity index (χ4v) is 3.92. The number of cyclic esters (lactones) is 1. The lowest BCUT2D eigenvalue weighted by Crippen LogP contribution is -2.31. The summed E-state index contributed by atoms with van der Waals surface area (Å²) in [6.07, 6.45) is 6.92. The van der Waals surface area contributed by atoms with Crippen LogP contribution in [0.3, 0.4) is 0 Å². The summed E-state index contributed by atoms with van der Waals surface area (Å²) in [5.41, 5.74) is 0.934. The van der Waals surface area contributed by atoms with Gasteiger partial charge in [0.15, 0.2) is 0 Å². The molecule has 2 fully saturated rings. The van der Waals surface area contributed by atoms with Crippen LogP contribution in [0, 0.1) is 0 Å². The number of halogens is 1. The zero-order valence-corrected chi connectivity index (χ0v) is 17.2. The van der Waals surface area contributed by atoms with E-state index in [1.54, 1.807) is 6.21 Å². The Morgan fingerprint density at radius 3 is 2.69 bits per heavy atom. The van der Waals surface area contributed by atoms with Crippen LogP contribution >= 0.6 is 11.6 Å². The molecule has 0 N–H and O–H groups in total. The monoisotopic (exact) mass is 415 g/mol. The molecule has 154 valence electrons. The van der Waals surface area contributed by atoms with Gasteiger partial charge in [-0.2, -0.15) is 10.1 Å². The number of furan rings is 1. The highest BCUT2D eigenvalue weighted by atomic mass is 35.5. The van der Waals surface area contributed by atoms with Crippen LogP contribution in [0.2, 0.25) is 5.02 Å². The van der Waals surface area contributed by atoms with E-state index in [1.165, 1.54) is 37.4 Å². The number of hydrogen-bond acceptors (Lipinski definition) is 5. The lowest BCUT2D eigenvalue weighted by Gasteiger charge is -2.26. The quantitative estimate of drug-likeness (QED) is 0.595. The van der Waals surface area contributed by atoms with Crippen molar-refractivity contribution >= 4 is 23.9 Å². The molecule has 1 aromatic carbocycles. The Hall–Kier alpha value is -2.31. The van der Waals surface area contributed by atoms with Gasteiger partial charge in [0.05, 0.1) is 12.8 Å². The summed E-state index contributed by atoms with van der Waals surface area (Å²) < 4.78 is 11.2. The van der Waals surface area contributed by atoms with Gasteiger partial charge < -0.3 is 14.1 Å². The average Bonchev–Trinajstić information content (AvgIpc) is 3.34. The zero-order valence-electron chi connectivity index (χ0n) is 16.4. The molecule has 2 aromatic rings. The Bertz CT molecular complexity index is 843. The number of carbonyl (C=O) groups excluding carboxylic acids is 1. The molecule has 1 unspecified atom stereocenters. The second kappa shape index (κ2) is 9.46. The van der Waals surface area contributed by atoms with E-state index in [0.717, 1.165) is 30.7 Å². The molecule has 1 amide bonds. The molecular formula is C22H26ClN3O3. The van der Waals surface area contributed by atoms with Crippen molar-refractivity contribution in [3.05, 3.63) is 47.2 Å². The average molecular weight is 416 g/mol. The molecule has 2 saturated heterocycles. The first kappa shape index (κ1) is 20.0. The summed E-state index contributed by atoms with van der Waals surface area (Å²) >= 11 is 5.92. The van der Waals surface area contributed by atoms with Gasteiger partial charge in [0.1, 0.15) is 17.6 Å².